The number of fused-ring (bicyclic) bond motifs is 1. The van der Waals surface area contributed by atoms with Crippen LogP contribution in [0.15, 0.2) is 4.60 Å². The molecule has 0 amide bonds. The molecule has 0 fully saturated rings. The topological polar surface area (TPSA) is 46.5 Å². The minimum atomic E-state index is 0.885. The zero-order chi connectivity index (χ0) is 8.01. The molecule has 0 bridgehead atoms. The molecule has 0 radical (unpaired) electrons. The number of aromatic nitrogens is 4. The average molecular weight is 215 g/mol. The van der Waals surface area contributed by atoms with Gasteiger partial charge in [-0.15, -0.1) is 0 Å². The maximum absolute atomic E-state index is 4.22. The molecule has 0 saturated heterocycles. The van der Waals surface area contributed by atoms with Crippen LogP contribution in [-0.4, -0.2) is 20.0 Å². The van der Waals surface area contributed by atoms with Gasteiger partial charge in [0.1, 0.15) is 15.6 Å². The number of halogens is 1. The van der Waals surface area contributed by atoms with Crippen LogP contribution in [0, 0.1) is 6.92 Å². The van der Waals surface area contributed by atoms with Crippen molar-refractivity contribution in [3.05, 3.63) is 10.3 Å². The summed E-state index contributed by atoms with van der Waals surface area (Å²) in [4.78, 5) is 0. The Morgan fingerprint density at radius 3 is 2.91 bits per heavy atom. The molecule has 2 aromatic rings. The van der Waals surface area contributed by atoms with E-state index in [0.29, 0.717) is 0 Å². The van der Waals surface area contributed by atoms with Crippen molar-refractivity contribution < 1.29 is 0 Å². The van der Waals surface area contributed by atoms with Crippen molar-refractivity contribution in [2.75, 3.05) is 0 Å². The number of hydrogen-bond acceptors (Lipinski definition) is 2. The predicted molar refractivity (Wildman–Crippen MR) is 45.3 cm³/mol. The molecule has 1 N–H and O–H groups in total. The Labute approximate surface area is 71.7 Å². The van der Waals surface area contributed by atoms with E-state index in [1.54, 1.807) is 4.68 Å². The van der Waals surface area contributed by atoms with Crippen LogP contribution in [0.5, 0.6) is 0 Å². The van der Waals surface area contributed by atoms with Crippen LogP contribution in [-0.2, 0) is 7.05 Å². The van der Waals surface area contributed by atoms with Gasteiger partial charge in [0.2, 0.25) is 0 Å². The summed E-state index contributed by atoms with van der Waals surface area (Å²) in [6.07, 6.45) is 0. The van der Waals surface area contributed by atoms with E-state index < -0.39 is 0 Å². The first kappa shape index (κ1) is 6.84. The number of nitrogens with one attached hydrogen (secondary N) is 1. The molecule has 5 heteroatoms. The highest BCUT2D eigenvalue weighted by Gasteiger charge is 2.10. The molecule has 11 heavy (non-hydrogen) atoms. The zero-order valence-electron chi connectivity index (χ0n) is 6.22. The highest BCUT2D eigenvalue weighted by molar-refractivity contribution is 9.10. The molecule has 2 rings (SSSR count). The van der Waals surface area contributed by atoms with Crippen LogP contribution >= 0.6 is 15.9 Å². The summed E-state index contributed by atoms with van der Waals surface area (Å²) in [7, 11) is 1.90. The lowest BCUT2D eigenvalue weighted by molar-refractivity contribution is 0.778. The molecule has 0 spiro atoms. The van der Waals surface area contributed by atoms with Crippen molar-refractivity contribution in [3.63, 3.8) is 0 Å². The van der Waals surface area contributed by atoms with Gasteiger partial charge in [-0.05, 0) is 22.9 Å². The van der Waals surface area contributed by atoms with E-state index in [4.69, 9.17) is 0 Å². The molecule has 0 aliphatic carbocycles. The summed E-state index contributed by atoms with van der Waals surface area (Å²) in [6, 6.07) is 0. The first-order chi connectivity index (χ1) is 5.20. The number of H-pyrrole nitrogens is 1. The molecule has 2 heterocycles. The van der Waals surface area contributed by atoms with E-state index in [1.807, 2.05) is 14.0 Å². The zero-order valence-corrected chi connectivity index (χ0v) is 7.81. The van der Waals surface area contributed by atoms with E-state index in [9.17, 15) is 0 Å². The number of hydrogen-bond donors (Lipinski definition) is 1. The first-order valence-electron chi connectivity index (χ1n) is 3.23. The molecule has 2 aromatic heterocycles. The lowest BCUT2D eigenvalue weighted by Gasteiger charge is -1.87. The van der Waals surface area contributed by atoms with Gasteiger partial charge in [0.25, 0.3) is 0 Å². The van der Waals surface area contributed by atoms with Crippen molar-refractivity contribution >= 4 is 27.0 Å². The summed E-state index contributed by atoms with van der Waals surface area (Å²) in [5.74, 6) is 0. The molecular weight excluding hydrogens is 208 g/mol. The van der Waals surface area contributed by atoms with Gasteiger partial charge in [0.15, 0.2) is 0 Å². The fourth-order valence-electron chi connectivity index (χ4n) is 1.18. The quantitative estimate of drug-likeness (QED) is 0.721. The third kappa shape index (κ3) is 0.805. The summed E-state index contributed by atoms with van der Waals surface area (Å²) < 4.78 is 2.69. The van der Waals surface area contributed by atoms with E-state index in [0.717, 1.165) is 21.3 Å². The van der Waals surface area contributed by atoms with Crippen LogP contribution < -0.4 is 0 Å². The van der Waals surface area contributed by atoms with Crippen LogP contribution in [0.1, 0.15) is 5.69 Å². The van der Waals surface area contributed by atoms with Crippen LogP contribution in [0.4, 0.5) is 0 Å². The lowest BCUT2D eigenvalue weighted by Crippen LogP contribution is -1.89. The largest absolute Gasteiger partial charge is 0.269 e. The minimum absolute atomic E-state index is 0.885. The second-order valence-corrected chi connectivity index (χ2v) is 3.24. The summed E-state index contributed by atoms with van der Waals surface area (Å²) in [5, 5.41) is 11.1. The van der Waals surface area contributed by atoms with E-state index in [1.165, 1.54) is 0 Å². The Bertz CT molecular complexity index is 400. The maximum atomic E-state index is 4.22. The van der Waals surface area contributed by atoms with E-state index in [2.05, 4.69) is 31.2 Å². The van der Waals surface area contributed by atoms with Gasteiger partial charge < -0.3 is 0 Å². The second kappa shape index (κ2) is 2.07. The normalized spacial score (nSPS) is 11.2. The highest BCUT2D eigenvalue weighted by atomic mass is 79.9. The number of nitrogens with zero attached hydrogens (tertiary/aromatic N) is 3. The van der Waals surface area contributed by atoms with Crippen LogP contribution in [0.25, 0.3) is 11.0 Å². The molecule has 0 unspecified atom stereocenters. The maximum Gasteiger partial charge on any atom is 0.134 e. The molecule has 0 atom stereocenters. The van der Waals surface area contributed by atoms with Crippen molar-refractivity contribution in [3.8, 4) is 0 Å². The van der Waals surface area contributed by atoms with Crippen LogP contribution in [0.2, 0.25) is 0 Å². The third-order valence-electron chi connectivity index (χ3n) is 1.66. The summed E-state index contributed by atoms with van der Waals surface area (Å²) in [5.41, 5.74) is 2.89. The molecular formula is C6H7BrN4. The van der Waals surface area contributed by atoms with Gasteiger partial charge in [-0.25, -0.2) is 0 Å². The predicted octanol–water partition coefficient (Wildman–Crippen LogP) is 1.37. The van der Waals surface area contributed by atoms with E-state index in [-0.39, 0.29) is 0 Å². The number of rotatable bonds is 0. The van der Waals surface area contributed by atoms with Gasteiger partial charge in [-0.1, -0.05) is 0 Å². The Hall–Kier alpha value is -0.840. The van der Waals surface area contributed by atoms with E-state index >= 15 is 0 Å². The summed E-state index contributed by atoms with van der Waals surface area (Å²) >= 11 is 3.35. The fraction of sp³-hybridized carbons (Fsp3) is 0.333. The molecule has 0 aromatic carbocycles. The van der Waals surface area contributed by atoms with Gasteiger partial charge in [0.05, 0.1) is 5.69 Å². The van der Waals surface area contributed by atoms with Crippen LogP contribution in [0.3, 0.4) is 0 Å². The lowest BCUT2D eigenvalue weighted by atomic mass is 10.4. The van der Waals surface area contributed by atoms with Crippen molar-refractivity contribution in [1.29, 1.82) is 0 Å². The molecule has 4 nitrogen and oxygen atoms in total. The van der Waals surface area contributed by atoms with Crippen molar-refractivity contribution in [2.24, 2.45) is 7.05 Å². The summed E-state index contributed by atoms with van der Waals surface area (Å²) in [6.45, 7) is 1.94. The third-order valence-corrected chi connectivity index (χ3v) is 2.22. The first-order valence-corrected chi connectivity index (χ1v) is 4.02. The molecule has 58 valence electrons. The van der Waals surface area contributed by atoms with Crippen molar-refractivity contribution in [2.45, 2.75) is 6.92 Å². The molecule has 0 saturated carbocycles. The Balaban J connectivity index is 2.98. The number of aromatic amines is 1. The second-order valence-electron chi connectivity index (χ2n) is 2.44. The Kier molecular flexibility index (Phi) is 1.29. The van der Waals surface area contributed by atoms with Gasteiger partial charge in [-0.3, -0.25) is 9.78 Å². The van der Waals surface area contributed by atoms with Crippen molar-refractivity contribution in [1.82, 2.24) is 20.0 Å². The number of aryl methyl sites for hydroxylation is 2. The fourth-order valence-corrected chi connectivity index (χ4v) is 1.72. The Morgan fingerprint density at radius 2 is 2.27 bits per heavy atom. The highest BCUT2D eigenvalue weighted by Crippen LogP contribution is 2.21. The van der Waals surface area contributed by atoms with Gasteiger partial charge in [-0.2, -0.15) is 10.2 Å². The Morgan fingerprint density at radius 1 is 1.55 bits per heavy atom. The molecule has 0 aliphatic rings. The average Bonchev–Trinajstić information content (AvgIpc) is 2.41. The van der Waals surface area contributed by atoms with Gasteiger partial charge in [0, 0.05) is 7.05 Å². The standard InChI is InChI=1S/C6H7BrN4/c1-3-4-5(11(2)10-3)6(7)9-8-4/h1-2H3,(H,8,9). The monoisotopic (exact) mass is 214 g/mol. The molecule has 0 aliphatic heterocycles. The van der Waals surface area contributed by atoms with Gasteiger partial charge >= 0.3 is 0 Å². The SMILES string of the molecule is Cc1nn(C)c2c(Br)[nH]nc12. The smallest absolute Gasteiger partial charge is 0.134 e. The minimum Gasteiger partial charge on any atom is -0.269 e.